The average molecular weight is 261 g/mol. The highest BCUT2D eigenvalue weighted by atomic mass is 33.1. The maximum atomic E-state index is 5.31. The average Bonchev–Trinajstić information content (AvgIpc) is 2.16. The molecule has 0 spiro atoms. The highest BCUT2D eigenvalue weighted by molar-refractivity contribution is 8.89. The van der Waals surface area contributed by atoms with Gasteiger partial charge in [0.15, 0.2) is 0 Å². The molecule has 0 bridgehead atoms. The van der Waals surface area contributed by atoms with Crippen LogP contribution in [0.3, 0.4) is 0 Å². The third kappa shape index (κ3) is 4.75. The zero-order valence-electron chi connectivity index (χ0n) is 6.97. The van der Waals surface area contributed by atoms with Crippen molar-refractivity contribution < 1.29 is 0 Å². The van der Waals surface area contributed by atoms with Crippen LogP contribution in [-0.4, -0.2) is 13.6 Å². The van der Waals surface area contributed by atoms with Crippen molar-refractivity contribution in [1.82, 2.24) is 4.98 Å². The van der Waals surface area contributed by atoms with E-state index in [9.17, 15) is 0 Å². The Bertz CT molecular complexity index is 327. The van der Waals surface area contributed by atoms with Gasteiger partial charge in [0.2, 0.25) is 0 Å². The third-order valence-electron chi connectivity index (χ3n) is 1.13. The molecule has 14 heavy (non-hydrogen) atoms. The summed E-state index contributed by atoms with van der Waals surface area (Å²) >= 11 is 9.75. The molecule has 3 N–H and O–H groups in total. The molecule has 1 heterocycles. The molecule has 0 aliphatic carbocycles. The standard InChI is InChI=1S/C7H7N3S4/c8-6(11)13-14-7(12)10-5-1-3-9-4-2-5/h1-4H,(H2,8,11)(H,9,10,12). The van der Waals surface area contributed by atoms with E-state index in [0.29, 0.717) is 8.64 Å². The van der Waals surface area contributed by atoms with E-state index in [1.165, 1.54) is 21.6 Å². The molecule has 0 radical (unpaired) electrons. The Morgan fingerprint density at radius 1 is 1.29 bits per heavy atom. The van der Waals surface area contributed by atoms with Gasteiger partial charge in [-0.25, -0.2) is 0 Å². The van der Waals surface area contributed by atoms with E-state index in [2.05, 4.69) is 10.3 Å². The van der Waals surface area contributed by atoms with Crippen LogP contribution in [0.15, 0.2) is 24.5 Å². The first-order valence-electron chi connectivity index (χ1n) is 3.53. The Balaban J connectivity index is 2.38. The number of aromatic nitrogens is 1. The summed E-state index contributed by atoms with van der Waals surface area (Å²) in [7, 11) is 2.59. The summed E-state index contributed by atoms with van der Waals surface area (Å²) in [5.74, 6) is 0. The molecule has 0 aliphatic rings. The van der Waals surface area contributed by atoms with E-state index in [1.807, 2.05) is 12.1 Å². The molecule has 0 aromatic carbocycles. The summed E-state index contributed by atoms with van der Waals surface area (Å²) in [4.78, 5) is 3.89. The van der Waals surface area contributed by atoms with Crippen molar-refractivity contribution in [1.29, 1.82) is 0 Å². The van der Waals surface area contributed by atoms with E-state index in [0.717, 1.165) is 5.69 Å². The normalized spacial score (nSPS) is 9.43. The van der Waals surface area contributed by atoms with Crippen molar-refractivity contribution in [3.8, 4) is 0 Å². The number of anilines is 1. The van der Waals surface area contributed by atoms with Crippen LogP contribution in [0.2, 0.25) is 0 Å². The first-order chi connectivity index (χ1) is 6.68. The molecule has 0 saturated carbocycles. The molecule has 0 aliphatic heterocycles. The summed E-state index contributed by atoms with van der Waals surface area (Å²) < 4.78 is 0.989. The van der Waals surface area contributed by atoms with Gasteiger partial charge in [-0.1, -0.05) is 24.4 Å². The molecule has 7 heteroatoms. The summed E-state index contributed by atoms with van der Waals surface area (Å²) in [6.45, 7) is 0. The maximum absolute atomic E-state index is 5.31. The van der Waals surface area contributed by atoms with Gasteiger partial charge in [0, 0.05) is 18.1 Å². The monoisotopic (exact) mass is 261 g/mol. The number of nitrogens with zero attached hydrogens (tertiary/aromatic N) is 1. The van der Waals surface area contributed by atoms with Crippen LogP contribution in [0.1, 0.15) is 0 Å². The number of pyridine rings is 1. The Kier molecular flexibility index (Phi) is 5.16. The molecule has 1 rings (SSSR count). The second kappa shape index (κ2) is 6.18. The first-order valence-corrected chi connectivity index (χ1v) is 6.50. The second-order valence-corrected chi connectivity index (χ2v) is 5.68. The molecular weight excluding hydrogens is 254 g/mol. The maximum Gasteiger partial charge on any atom is 0.149 e. The SMILES string of the molecule is NC(=S)SSC(=S)Nc1ccncc1. The number of thiocarbonyl (C=S) groups is 2. The van der Waals surface area contributed by atoms with Gasteiger partial charge in [-0.15, -0.1) is 0 Å². The van der Waals surface area contributed by atoms with E-state index >= 15 is 0 Å². The van der Waals surface area contributed by atoms with Crippen molar-refractivity contribution in [2.24, 2.45) is 5.73 Å². The minimum atomic E-state index is 0.369. The van der Waals surface area contributed by atoms with Crippen LogP contribution in [0, 0.1) is 0 Å². The van der Waals surface area contributed by atoms with Crippen molar-refractivity contribution in [3.63, 3.8) is 0 Å². The third-order valence-corrected chi connectivity index (χ3v) is 4.15. The zero-order chi connectivity index (χ0) is 10.4. The molecule has 3 nitrogen and oxygen atoms in total. The van der Waals surface area contributed by atoms with Gasteiger partial charge in [-0.3, -0.25) is 4.98 Å². The highest BCUT2D eigenvalue weighted by Gasteiger charge is 1.99. The zero-order valence-corrected chi connectivity index (χ0v) is 10.2. The van der Waals surface area contributed by atoms with Gasteiger partial charge in [0.25, 0.3) is 0 Å². The lowest BCUT2D eigenvalue weighted by atomic mass is 10.4. The molecular formula is C7H7N3S4. The molecule has 1 aromatic rings. The second-order valence-electron chi connectivity index (χ2n) is 2.13. The predicted molar refractivity (Wildman–Crippen MR) is 72.4 cm³/mol. The van der Waals surface area contributed by atoms with Gasteiger partial charge in [-0.05, 0) is 33.7 Å². The van der Waals surface area contributed by atoms with E-state index in [-0.39, 0.29) is 0 Å². The van der Waals surface area contributed by atoms with Crippen molar-refractivity contribution in [3.05, 3.63) is 24.5 Å². The van der Waals surface area contributed by atoms with Gasteiger partial charge >= 0.3 is 0 Å². The van der Waals surface area contributed by atoms with Gasteiger partial charge in [0.05, 0.1) is 0 Å². The lowest BCUT2D eigenvalue weighted by Gasteiger charge is -2.04. The van der Waals surface area contributed by atoms with E-state index in [4.69, 9.17) is 30.2 Å². The molecule has 74 valence electrons. The predicted octanol–water partition coefficient (Wildman–Crippen LogP) is 2.40. The number of nitrogens with one attached hydrogen (secondary N) is 1. The molecule has 0 fully saturated rings. The number of hydrogen-bond acceptors (Lipinski definition) is 5. The van der Waals surface area contributed by atoms with E-state index in [1.54, 1.807) is 12.4 Å². The molecule has 0 atom stereocenters. The highest BCUT2D eigenvalue weighted by Crippen LogP contribution is 2.23. The Morgan fingerprint density at radius 3 is 2.50 bits per heavy atom. The smallest absolute Gasteiger partial charge is 0.149 e. The minimum Gasteiger partial charge on any atom is -0.384 e. The fraction of sp³-hybridized carbons (Fsp3) is 0. The first kappa shape index (κ1) is 11.7. The molecule has 1 aromatic heterocycles. The minimum absolute atomic E-state index is 0.369. The van der Waals surface area contributed by atoms with Crippen LogP contribution in [0.25, 0.3) is 0 Å². The number of nitrogens with two attached hydrogens (primary N) is 1. The van der Waals surface area contributed by atoms with Crippen LogP contribution in [0.4, 0.5) is 5.69 Å². The van der Waals surface area contributed by atoms with Crippen molar-refractivity contribution in [2.45, 2.75) is 0 Å². The van der Waals surface area contributed by atoms with Crippen molar-refractivity contribution >= 4 is 60.4 Å². The summed E-state index contributed by atoms with van der Waals surface area (Å²) in [6, 6.07) is 3.66. The topological polar surface area (TPSA) is 50.9 Å². The Labute approximate surface area is 101 Å². The quantitative estimate of drug-likeness (QED) is 0.594. The lowest BCUT2D eigenvalue weighted by molar-refractivity contribution is 1.33. The fourth-order valence-corrected chi connectivity index (χ4v) is 2.30. The molecule has 0 amide bonds. The van der Waals surface area contributed by atoms with Crippen LogP contribution in [0.5, 0.6) is 0 Å². The van der Waals surface area contributed by atoms with Crippen molar-refractivity contribution in [2.75, 3.05) is 5.32 Å². The summed E-state index contributed by atoms with van der Waals surface area (Å²) in [5.41, 5.74) is 6.21. The van der Waals surface area contributed by atoms with E-state index < -0.39 is 0 Å². The largest absolute Gasteiger partial charge is 0.384 e. The Morgan fingerprint density at radius 2 is 1.93 bits per heavy atom. The summed E-state index contributed by atoms with van der Waals surface area (Å²) in [5, 5.41) is 3.02. The lowest BCUT2D eigenvalue weighted by Crippen LogP contribution is -2.05. The summed E-state index contributed by atoms with van der Waals surface area (Å²) in [6.07, 6.45) is 3.38. The molecule has 0 unspecified atom stereocenters. The fourth-order valence-electron chi connectivity index (χ4n) is 0.653. The Hall–Kier alpha value is -0.370. The van der Waals surface area contributed by atoms with Gasteiger partial charge in [-0.2, -0.15) is 0 Å². The van der Waals surface area contributed by atoms with Crippen LogP contribution >= 0.6 is 46.0 Å². The molecule has 0 saturated heterocycles. The van der Waals surface area contributed by atoms with Gasteiger partial charge in [0.1, 0.15) is 8.64 Å². The number of hydrogen-bond donors (Lipinski definition) is 2. The van der Waals surface area contributed by atoms with Gasteiger partial charge < -0.3 is 11.1 Å². The number of rotatable bonds is 1. The van der Waals surface area contributed by atoms with Crippen LogP contribution in [-0.2, 0) is 0 Å². The van der Waals surface area contributed by atoms with Crippen LogP contribution < -0.4 is 11.1 Å².